The molecule has 4 aromatic heterocycles. The zero-order valence-electron chi connectivity index (χ0n) is 22.1. The number of anilines is 2. The molecular weight excluding hydrogens is 540 g/mol. The first kappa shape index (κ1) is 26.6. The number of nitrogens with zero attached hydrogens (tertiary/aromatic N) is 8. The summed E-state index contributed by atoms with van der Waals surface area (Å²) in [6.07, 6.45) is 8.16. The van der Waals surface area contributed by atoms with Crippen LogP contribution in [0.2, 0.25) is 5.02 Å². The molecule has 0 aliphatic heterocycles. The van der Waals surface area contributed by atoms with E-state index in [1.807, 2.05) is 55.4 Å². The molecule has 0 fully saturated rings. The van der Waals surface area contributed by atoms with Crippen LogP contribution < -0.4 is 9.64 Å². The van der Waals surface area contributed by atoms with Crippen LogP contribution in [-0.4, -0.2) is 62.6 Å². The summed E-state index contributed by atoms with van der Waals surface area (Å²) in [6.45, 7) is 2.05. The van der Waals surface area contributed by atoms with E-state index in [-0.39, 0.29) is 6.54 Å². The van der Waals surface area contributed by atoms with Gasteiger partial charge in [-0.25, -0.2) is 13.9 Å². The second-order valence-electron chi connectivity index (χ2n) is 9.15. The molecule has 0 N–H and O–H groups in total. The third kappa shape index (κ3) is 5.05. The molecule has 11 nitrogen and oxygen atoms in total. The molecular formula is C26H27ClN8O3S. The quantitative estimate of drug-likeness (QED) is 0.275. The van der Waals surface area contributed by atoms with Crippen molar-refractivity contribution >= 4 is 44.3 Å². The van der Waals surface area contributed by atoms with E-state index in [4.69, 9.17) is 21.3 Å². The molecule has 0 amide bonds. The summed E-state index contributed by atoms with van der Waals surface area (Å²) >= 11 is 6.86. The Bertz CT molecular complexity index is 1780. The van der Waals surface area contributed by atoms with Gasteiger partial charge in [0.05, 0.1) is 30.4 Å². The number of fused-ring (bicyclic) bond motifs is 1. The lowest BCUT2D eigenvalue weighted by Gasteiger charge is -2.25. The normalized spacial score (nSPS) is 11.9. The Hall–Kier alpha value is -4.00. The van der Waals surface area contributed by atoms with Gasteiger partial charge < -0.3 is 9.64 Å². The molecule has 0 unspecified atom stereocenters. The summed E-state index contributed by atoms with van der Waals surface area (Å²) in [5.74, 6) is 1.48. The number of aromatic nitrogens is 6. The van der Waals surface area contributed by atoms with Crippen LogP contribution in [-0.2, 0) is 23.8 Å². The van der Waals surface area contributed by atoms with Crippen LogP contribution in [0.4, 0.5) is 11.5 Å². The molecule has 13 heteroatoms. The fraction of sp³-hybridized carbons (Fsp3) is 0.231. The zero-order chi connectivity index (χ0) is 27.9. The van der Waals surface area contributed by atoms with Crippen molar-refractivity contribution in [1.29, 1.82) is 0 Å². The molecule has 0 spiro atoms. The van der Waals surface area contributed by atoms with E-state index in [1.165, 1.54) is 26.5 Å². The lowest BCUT2D eigenvalue weighted by Crippen LogP contribution is -2.31. The first-order valence-corrected chi connectivity index (χ1v) is 13.7. The Morgan fingerprint density at radius 3 is 2.59 bits per heavy atom. The molecule has 4 heterocycles. The van der Waals surface area contributed by atoms with E-state index >= 15 is 0 Å². The van der Waals surface area contributed by atoms with Crippen molar-refractivity contribution in [2.75, 3.05) is 26.1 Å². The van der Waals surface area contributed by atoms with Crippen LogP contribution in [0.25, 0.3) is 22.2 Å². The number of benzene rings is 1. The number of imidazole rings is 1. The third-order valence-electron chi connectivity index (χ3n) is 6.20. The van der Waals surface area contributed by atoms with Gasteiger partial charge in [0.2, 0.25) is 0 Å². The van der Waals surface area contributed by atoms with Crippen LogP contribution in [0, 0.1) is 6.92 Å². The molecule has 39 heavy (non-hydrogen) atoms. The molecule has 1 aromatic carbocycles. The average Bonchev–Trinajstić information content (AvgIpc) is 3.56. The standard InChI is InChI=1S/C26H27ClN8O3S/c1-17-10-19(12-20(11-17)38-5)34(16-24-28-8-9-35(24)39(36,37)32(2)3)23-7-6-22-26(31-23)25(27)21(14-29-22)18-13-30-33(4)15-18/h6-15H,16H2,1-5H3. The lowest BCUT2D eigenvalue weighted by molar-refractivity contribution is 0.414. The molecule has 0 aliphatic carbocycles. The second kappa shape index (κ2) is 10.3. The molecule has 0 bridgehead atoms. The predicted molar refractivity (Wildman–Crippen MR) is 151 cm³/mol. The molecule has 0 atom stereocenters. The van der Waals surface area contributed by atoms with Crippen molar-refractivity contribution < 1.29 is 13.2 Å². The van der Waals surface area contributed by atoms with Gasteiger partial charge in [0, 0.05) is 68.8 Å². The Morgan fingerprint density at radius 1 is 1.10 bits per heavy atom. The maximum Gasteiger partial charge on any atom is 0.308 e. The van der Waals surface area contributed by atoms with E-state index in [0.717, 1.165) is 25.1 Å². The van der Waals surface area contributed by atoms with Crippen molar-refractivity contribution in [3.05, 3.63) is 77.7 Å². The first-order valence-electron chi connectivity index (χ1n) is 11.9. The Balaban J connectivity index is 1.68. The van der Waals surface area contributed by atoms with Crippen molar-refractivity contribution in [3.8, 4) is 16.9 Å². The van der Waals surface area contributed by atoms with E-state index in [1.54, 1.807) is 24.2 Å². The minimum absolute atomic E-state index is 0.0958. The van der Waals surface area contributed by atoms with Gasteiger partial charge in [-0.1, -0.05) is 11.6 Å². The van der Waals surface area contributed by atoms with Gasteiger partial charge in [-0.3, -0.25) is 9.67 Å². The van der Waals surface area contributed by atoms with Gasteiger partial charge in [-0.2, -0.15) is 17.8 Å². The Kier molecular flexibility index (Phi) is 7.02. The fourth-order valence-corrected chi connectivity index (χ4v) is 5.43. The molecule has 0 saturated carbocycles. The van der Waals surface area contributed by atoms with E-state index in [0.29, 0.717) is 39.0 Å². The summed E-state index contributed by atoms with van der Waals surface area (Å²) in [4.78, 5) is 15.7. The van der Waals surface area contributed by atoms with Crippen molar-refractivity contribution in [1.82, 2.24) is 33.0 Å². The summed E-state index contributed by atoms with van der Waals surface area (Å²) in [6, 6.07) is 9.39. The zero-order valence-corrected chi connectivity index (χ0v) is 23.6. The smallest absolute Gasteiger partial charge is 0.308 e. The number of aryl methyl sites for hydroxylation is 2. The number of rotatable bonds is 8. The maximum absolute atomic E-state index is 13.0. The van der Waals surface area contributed by atoms with Crippen LogP contribution >= 0.6 is 11.6 Å². The van der Waals surface area contributed by atoms with Crippen molar-refractivity contribution in [3.63, 3.8) is 0 Å². The summed E-state index contributed by atoms with van der Waals surface area (Å²) in [5, 5.41) is 4.67. The van der Waals surface area contributed by atoms with Gasteiger partial charge in [0.25, 0.3) is 0 Å². The fourth-order valence-electron chi connectivity index (χ4n) is 4.20. The van der Waals surface area contributed by atoms with Crippen LogP contribution in [0.5, 0.6) is 5.75 Å². The number of ether oxygens (including phenoxy) is 1. The number of halogens is 1. The van der Waals surface area contributed by atoms with Gasteiger partial charge in [0.1, 0.15) is 22.9 Å². The summed E-state index contributed by atoms with van der Waals surface area (Å²) < 4.78 is 35.5. The van der Waals surface area contributed by atoms with Gasteiger partial charge in [-0.15, -0.1) is 0 Å². The van der Waals surface area contributed by atoms with E-state index in [9.17, 15) is 8.42 Å². The van der Waals surface area contributed by atoms with Crippen molar-refractivity contribution in [2.24, 2.45) is 7.05 Å². The predicted octanol–water partition coefficient (Wildman–Crippen LogP) is 4.19. The molecule has 5 rings (SSSR count). The first-order chi connectivity index (χ1) is 18.6. The van der Waals surface area contributed by atoms with E-state index in [2.05, 4.69) is 15.1 Å². The van der Waals surface area contributed by atoms with Crippen LogP contribution in [0.15, 0.2) is 61.3 Å². The Morgan fingerprint density at radius 2 is 1.90 bits per heavy atom. The minimum Gasteiger partial charge on any atom is -0.497 e. The highest BCUT2D eigenvalue weighted by atomic mass is 35.5. The number of hydrogen-bond acceptors (Lipinski definition) is 8. The molecule has 202 valence electrons. The summed E-state index contributed by atoms with van der Waals surface area (Å²) in [5.41, 5.74) is 4.35. The topological polar surface area (TPSA) is 111 Å². The lowest BCUT2D eigenvalue weighted by atomic mass is 10.1. The maximum atomic E-state index is 13.0. The third-order valence-corrected chi connectivity index (χ3v) is 8.34. The second-order valence-corrected chi connectivity index (χ2v) is 11.5. The highest BCUT2D eigenvalue weighted by Gasteiger charge is 2.24. The van der Waals surface area contributed by atoms with Crippen LogP contribution in [0.1, 0.15) is 11.4 Å². The highest BCUT2D eigenvalue weighted by molar-refractivity contribution is 7.87. The Labute approximate surface area is 231 Å². The number of methoxy groups -OCH3 is 1. The number of hydrogen-bond donors (Lipinski definition) is 0. The molecule has 0 aliphatic rings. The summed E-state index contributed by atoms with van der Waals surface area (Å²) in [7, 11) is 2.58. The van der Waals surface area contributed by atoms with Gasteiger partial charge in [-0.05, 0) is 36.8 Å². The van der Waals surface area contributed by atoms with Gasteiger partial charge >= 0.3 is 10.2 Å². The minimum atomic E-state index is -3.79. The molecule has 0 saturated heterocycles. The molecule has 0 radical (unpaired) electrons. The van der Waals surface area contributed by atoms with E-state index < -0.39 is 10.2 Å². The molecule has 5 aromatic rings. The monoisotopic (exact) mass is 566 g/mol. The van der Waals surface area contributed by atoms with Crippen LogP contribution in [0.3, 0.4) is 0 Å². The number of pyridine rings is 2. The highest BCUT2D eigenvalue weighted by Crippen LogP contribution is 2.35. The average molecular weight is 567 g/mol. The largest absolute Gasteiger partial charge is 0.497 e. The van der Waals surface area contributed by atoms with Gasteiger partial charge in [0.15, 0.2) is 0 Å². The van der Waals surface area contributed by atoms with Crippen molar-refractivity contribution in [2.45, 2.75) is 13.5 Å². The SMILES string of the molecule is COc1cc(C)cc(N(Cc2nccn2S(=O)(=O)N(C)C)c2ccc3ncc(-c4cnn(C)c4)c(Cl)c3n2)c1.